The van der Waals surface area contributed by atoms with Crippen LogP contribution in [0.2, 0.25) is 0 Å². The van der Waals surface area contributed by atoms with Gasteiger partial charge in [0, 0.05) is 5.56 Å². The van der Waals surface area contributed by atoms with Crippen molar-refractivity contribution in [3.05, 3.63) is 71.2 Å². The molecule has 0 spiro atoms. The zero-order valence-corrected chi connectivity index (χ0v) is 15.7. The monoisotopic (exact) mass is 386 g/mol. The average Bonchev–Trinajstić information content (AvgIpc) is 3.10. The summed E-state index contributed by atoms with van der Waals surface area (Å²) >= 11 is 1.43. The maximum atomic E-state index is 13.0. The van der Waals surface area contributed by atoms with E-state index in [1.165, 1.54) is 15.6 Å². The number of benzene rings is 2. The molecule has 0 unspecified atom stereocenters. The molecular formula is C19H18N2O3S2. The van der Waals surface area contributed by atoms with Gasteiger partial charge in [-0.15, -0.1) is 11.3 Å². The fourth-order valence-electron chi connectivity index (χ4n) is 3.11. The molecule has 2 aromatic carbocycles. The minimum Gasteiger partial charge on any atom is -0.386 e. The van der Waals surface area contributed by atoms with Gasteiger partial charge >= 0.3 is 0 Å². The van der Waals surface area contributed by atoms with Crippen LogP contribution >= 0.6 is 11.3 Å². The normalized spacial score (nSPS) is 20.7. The summed E-state index contributed by atoms with van der Waals surface area (Å²) in [6, 6.07) is 17.5. The summed E-state index contributed by atoms with van der Waals surface area (Å²) in [5.74, 6) is 0. The van der Waals surface area contributed by atoms with E-state index in [1.54, 1.807) is 37.3 Å². The van der Waals surface area contributed by atoms with Crippen LogP contribution in [0.25, 0.3) is 10.6 Å². The molecule has 2 heterocycles. The van der Waals surface area contributed by atoms with E-state index in [4.69, 9.17) is 0 Å². The zero-order valence-electron chi connectivity index (χ0n) is 14.1. The van der Waals surface area contributed by atoms with E-state index < -0.39 is 22.2 Å². The van der Waals surface area contributed by atoms with Crippen molar-refractivity contribution in [3.8, 4) is 10.6 Å². The van der Waals surface area contributed by atoms with Crippen LogP contribution in [0.5, 0.6) is 0 Å². The Morgan fingerprint density at radius 1 is 1.08 bits per heavy atom. The molecule has 7 heteroatoms. The summed E-state index contributed by atoms with van der Waals surface area (Å²) in [4.78, 5) is 5.59. The number of fused-ring (bicyclic) bond motifs is 1. The van der Waals surface area contributed by atoms with Gasteiger partial charge in [0.15, 0.2) is 0 Å². The van der Waals surface area contributed by atoms with E-state index >= 15 is 0 Å². The smallest absolute Gasteiger partial charge is 0.243 e. The lowest BCUT2D eigenvalue weighted by molar-refractivity contribution is 0.0843. The largest absolute Gasteiger partial charge is 0.386 e. The standard InChI is InChI=1S/C19H18N2O3S2/c1-13-17(22)18-16(20-19(25-18)14-8-4-2-5-9-14)12-21(13)26(23,24)15-10-6-3-7-11-15/h2-11,13,17,22H,12H2,1H3/t13-,17+/m0/s1. The molecule has 5 nitrogen and oxygen atoms in total. The van der Waals surface area contributed by atoms with Crippen LogP contribution in [0, 0.1) is 0 Å². The summed E-state index contributed by atoms with van der Waals surface area (Å²) in [6.07, 6.45) is -0.896. The molecule has 0 aliphatic carbocycles. The summed E-state index contributed by atoms with van der Waals surface area (Å²) in [6.45, 7) is 1.89. The SMILES string of the molecule is C[C@H]1[C@@H](O)c2sc(-c3ccccc3)nc2CN1S(=O)(=O)c1ccccc1. The maximum absolute atomic E-state index is 13.0. The van der Waals surface area contributed by atoms with Gasteiger partial charge in [0.2, 0.25) is 10.0 Å². The minimum atomic E-state index is -3.70. The minimum absolute atomic E-state index is 0.161. The lowest BCUT2D eigenvalue weighted by atomic mass is 10.1. The highest BCUT2D eigenvalue weighted by Gasteiger charge is 2.40. The van der Waals surface area contributed by atoms with Crippen molar-refractivity contribution in [2.45, 2.75) is 30.5 Å². The van der Waals surface area contributed by atoms with Crippen LogP contribution in [0.4, 0.5) is 0 Å². The van der Waals surface area contributed by atoms with Gasteiger partial charge in [-0.3, -0.25) is 0 Å². The molecule has 4 rings (SSSR count). The van der Waals surface area contributed by atoms with Crippen molar-refractivity contribution < 1.29 is 13.5 Å². The lowest BCUT2D eigenvalue weighted by Gasteiger charge is -2.34. The lowest BCUT2D eigenvalue weighted by Crippen LogP contribution is -2.44. The van der Waals surface area contributed by atoms with E-state index in [0.29, 0.717) is 5.69 Å². The molecule has 1 aliphatic heterocycles. The number of hydrogen-bond donors (Lipinski definition) is 1. The third-order valence-electron chi connectivity index (χ3n) is 4.58. The Hall–Kier alpha value is -2.06. The van der Waals surface area contributed by atoms with Crippen molar-refractivity contribution in [3.63, 3.8) is 0 Å². The molecule has 1 aliphatic rings. The molecule has 0 amide bonds. The van der Waals surface area contributed by atoms with Crippen LogP contribution < -0.4 is 0 Å². The third-order valence-corrected chi connectivity index (χ3v) is 7.75. The number of rotatable bonds is 3. The number of nitrogens with zero attached hydrogens (tertiary/aromatic N) is 2. The first-order valence-electron chi connectivity index (χ1n) is 8.28. The Kier molecular flexibility index (Phi) is 4.40. The average molecular weight is 386 g/mol. The van der Waals surface area contributed by atoms with E-state index in [1.807, 2.05) is 30.3 Å². The summed E-state index contributed by atoms with van der Waals surface area (Å²) in [5.41, 5.74) is 1.59. The molecule has 3 aromatic rings. The highest BCUT2D eigenvalue weighted by Crippen LogP contribution is 2.40. The first kappa shape index (κ1) is 17.4. The Balaban J connectivity index is 1.74. The number of aromatic nitrogens is 1. The fraction of sp³-hybridized carbons (Fsp3) is 0.211. The van der Waals surface area contributed by atoms with Crippen LogP contribution in [-0.2, 0) is 16.6 Å². The number of hydrogen-bond acceptors (Lipinski definition) is 5. The third kappa shape index (κ3) is 2.87. The predicted octanol–water partition coefficient (Wildman–Crippen LogP) is 3.44. The van der Waals surface area contributed by atoms with E-state index in [2.05, 4.69) is 4.98 Å². The van der Waals surface area contributed by atoms with Gasteiger partial charge in [0.1, 0.15) is 11.1 Å². The number of sulfonamides is 1. The first-order valence-corrected chi connectivity index (χ1v) is 10.5. The Labute approximate surface area is 156 Å². The van der Waals surface area contributed by atoms with Crippen molar-refractivity contribution in [2.24, 2.45) is 0 Å². The van der Waals surface area contributed by atoms with E-state index in [-0.39, 0.29) is 11.4 Å². The van der Waals surface area contributed by atoms with Gasteiger partial charge in [-0.05, 0) is 19.1 Å². The summed E-state index contributed by atoms with van der Waals surface area (Å²) in [5, 5.41) is 11.5. The van der Waals surface area contributed by atoms with Gasteiger partial charge < -0.3 is 5.11 Å². The highest BCUT2D eigenvalue weighted by atomic mass is 32.2. The van der Waals surface area contributed by atoms with Gasteiger partial charge in [0.25, 0.3) is 0 Å². The second-order valence-electron chi connectivity index (χ2n) is 6.24. The predicted molar refractivity (Wildman–Crippen MR) is 101 cm³/mol. The molecule has 0 saturated heterocycles. The van der Waals surface area contributed by atoms with Gasteiger partial charge in [-0.25, -0.2) is 13.4 Å². The molecule has 26 heavy (non-hydrogen) atoms. The Morgan fingerprint density at radius 3 is 2.35 bits per heavy atom. The molecule has 134 valence electrons. The maximum Gasteiger partial charge on any atom is 0.243 e. The highest BCUT2D eigenvalue weighted by molar-refractivity contribution is 7.89. The molecule has 0 radical (unpaired) electrons. The quantitative estimate of drug-likeness (QED) is 0.749. The van der Waals surface area contributed by atoms with Crippen molar-refractivity contribution in [1.29, 1.82) is 0 Å². The number of aliphatic hydroxyl groups is 1. The molecule has 1 N–H and O–H groups in total. The van der Waals surface area contributed by atoms with Gasteiger partial charge in [0.05, 0.1) is 28.1 Å². The van der Waals surface area contributed by atoms with Crippen molar-refractivity contribution in [2.75, 3.05) is 0 Å². The van der Waals surface area contributed by atoms with Crippen molar-refractivity contribution >= 4 is 21.4 Å². The molecule has 2 atom stereocenters. The molecular weight excluding hydrogens is 368 g/mol. The fourth-order valence-corrected chi connectivity index (χ4v) is 5.89. The van der Waals surface area contributed by atoms with Gasteiger partial charge in [-0.1, -0.05) is 48.5 Å². The number of thiazole rings is 1. The Bertz CT molecular complexity index is 1020. The van der Waals surface area contributed by atoms with Crippen LogP contribution in [0.1, 0.15) is 23.6 Å². The Morgan fingerprint density at radius 2 is 1.69 bits per heavy atom. The molecule has 0 fully saturated rings. The van der Waals surface area contributed by atoms with Crippen LogP contribution in [0.15, 0.2) is 65.6 Å². The van der Waals surface area contributed by atoms with Gasteiger partial charge in [-0.2, -0.15) is 4.31 Å². The summed E-state index contributed by atoms with van der Waals surface area (Å²) in [7, 11) is -3.70. The van der Waals surface area contributed by atoms with Crippen LogP contribution in [-0.4, -0.2) is 28.9 Å². The summed E-state index contributed by atoms with van der Waals surface area (Å²) < 4.78 is 27.4. The second kappa shape index (κ2) is 6.59. The second-order valence-corrected chi connectivity index (χ2v) is 9.17. The molecule has 0 saturated carbocycles. The van der Waals surface area contributed by atoms with Crippen molar-refractivity contribution in [1.82, 2.24) is 9.29 Å². The number of aliphatic hydroxyl groups excluding tert-OH is 1. The van der Waals surface area contributed by atoms with Crippen LogP contribution in [0.3, 0.4) is 0 Å². The molecule has 1 aromatic heterocycles. The van der Waals surface area contributed by atoms with E-state index in [9.17, 15) is 13.5 Å². The zero-order chi connectivity index (χ0) is 18.3. The first-order chi connectivity index (χ1) is 12.5. The topological polar surface area (TPSA) is 70.5 Å². The van der Waals surface area contributed by atoms with E-state index in [0.717, 1.165) is 15.4 Å². The molecule has 0 bridgehead atoms.